The third-order valence-corrected chi connectivity index (χ3v) is 1.95. The van der Waals surface area contributed by atoms with Crippen LogP contribution < -0.4 is 10.6 Å². The molecule has 15 heavy (non-hydrogen) atoms. The van der Waals surface area contributed by atoms with Crippen molar-refractivity contribution in [2.24, 2.45) is 0 Å². The van der Waals surface area contributed by atoms with Crippen LogP contribution in [0.1, 0.15) is 11.1 Å². The first kappa shape index (κ1) is 11.5. The van der Waals surface area contributed by atoms with E-state index in [-0.39, 0.29) is 12.8 Å². The van der Waals surface area contributed by atoms with Gasteiger partial charge in [-0.2, -0.15) is 0 Å². The van der Waals surface area contributed by atoms with Crippen molar-refractivity contribution >= 4 is 6.03 Å². The number of hydrogen-bond donors (Lipinski definition) is 2. The molecule has 0 radical (unpaired) electrons. The van der Waals surface area contributed by atoms with Crippen LogP contribution in [-0.2, 0) is 11.3 Å². The molecule has 0 aromatic heterocycles. The summed E-state index contributed by atoms with van der Waals surface area (Å²) < 4.78 is 4.71. The maximum absolute atomic E-state index is 11.1. The number of nitrogens with one attached hydrogen (secondary N) is 2. The Morgan fingerprint density at radius 3 is 2.53 bits per heavy atom. The molecule has 1 rings (SSSR count). The van der Waals surface area contributed by atoms with E-state index in [1.165, 1.54) is 12.7 Å². The number of ether oxygens (including phenoxy) is 1. The van der Waals surface area contributed by atoms with Gasteiger partial charge in [0.1, 0.15) is 6.73 Å². The van der Waals surface area contributed by atoms with E-state index in [1.807, 2.05) is 31.2 Å². The molecule has 0 spiro atoms. The fourth-order valence-corrected chi connectivity index (χ4v) is 1.09. The lowest BCUT2D eigenvalue weighted by molar-refractivity contribution is 0.172. The van der Waals surface area contributed by atoms with Crippen LogP contribution in [-0.4, -0.2) is 19.9 Å². The number of rotatable bonds is 4. The Morgan fingerprint density at radius 2 is 1.93 bits per heavy atom. The summed E-state index contributed by atoms with van der Waals surface area (Å²) in [4.78, 5) is 11.1. The lowest BCUT2D eigenvalue weighted by Gasteiger charge is -2.06. The Hall–Kier alpha value is -1.55. The van der Waals surface area contributed by atoms with Gasteiger partial charge in [0.25, 0.3) is 0 Å². The van der Waals surface area contributed by atoms with Gasteiger partial charge >= 0.3 is 6.03 Å². The summed E-state index contributed by atoms with van der Waals surface area (Å²) in [6.07, 6.45) is 0. The van der Waals surface area contributed by atoms with Gasteiger partial charge in [0.05, 0.1) is 0 Å². The Balaban J connectivity index is 2.30. The standard InChI is InChI=1S/C11H16N2O2/c1-9-3-5-10(6-4-9)7-12-11(14)13-8-15-2/h3-6H,7-8H2,1-2H3,(H2,12,13,14). The predicted molar refractivity (Wildman–Crippen MR) is 58.4 cm³/mol. The maximum Gasteiger partial charge on any atom is 0.316 e. The van der Waals surface area contributed by atoms with Crippen molar-refractivity contribution in [3.8, 4) is 0 Å². The van der Waals surface area contributed by atoms with Crippen LogP contribution in [0.25, 0.3) is 0 Å². The van der Waals surface area contributed by atoms with E-state index >= 15 is 0 Å². The molecule has 0 bridgehead atoms. The molecule has 0 saturated carbocycles. The molecule has 82 valence electrons. The minimum absolute atomic E-state index is 0.222. The van der Waals surface area contributed by atoms with Crippen LogP contribution >= 0.6 is 0 Å². The molecule has 4 nitrogen and oxygen atoms in total. The van der Waals surface area contributed by atoms with E-state index in [0.717, 1.165) is 5.56 Å². The number of hydrogen-bond acceptors (Lipinski definition) is 2. The normalized spacial score (nSPS) is 9.73. The van der Waals surface area contributed by atoms with Gasteiger partial charge in [0.15, 0.2) is 0 Å². The fourth-order valence-electron chi connectivity index (χ4n) is 1.09. The summed E-state index contributed by atoms with van der Waals surface area (Å²) in [5.74, 6) is 0. The van der Waals surface area contributed by atoms with E-state index in [9.17, 15) is 4.79 Å². The molecule has 2 N–H and O–H groups in total. The van der Waals surface area contributed by atoms with Crippen molar-refractivity contribution in [1.82, 2.24) is 10.6 Å². The average molecular weight is 208 g/mol. The number of carbonyl (C=O) groups excluding carboxylic acids is 1. The van der Waals surface area contributed by atoms with E-state index in [4.69, 9.17) is 4.74 Å². The molecule has 1 aromatic carbocycles. The van der Waals surface area contributed by atoms with Crippen molar-refractivity contribution in [1.29, 1.82) is 0 Å². The number of benzene rings is 1. The van der Waals surface area contributed by atoms with Crippen LogP contribution in [0, 0.1) is 6.92 Å². The van der Waals surface area contributed by atoms with E-state index in [1.54, 1.807) is 0 Å². The quantitative estimate of drug-likeness (QED) is 0.735. The largest absolute Gasteiger partial charge is 0.364 e. The molecule has 0 heterocycles. The highest BCUT2D eigenvalue weighted by molar-refractivity contribution is 5.73. The summed E-state index contributed by atoms with van der Waals surface area (Å²) in [5, 5.41) is 5.26. The van der Waals surface area contributed by atoms with Gasteiger partial charge in [-0.1, -0.05) is 29.8 Å². The van der Waals surface area contributed by atoms with Gasteiger partial charge in [0, 0.05) is 13.7 Å². The molecular weight excluding hydrogens is 192 g/mol. The summed E-state index contributed by atoms with van der Waals surface area (Å²) in [7, 11) is 1.53. The monoisotopic (exact) mass is 208 g/mol. The Morgan fingerprint density at radius 1 is 1.27 bits per heavy atom. The zero-order valence-corrected chi connectivity index (χ0v) is 9.04. The van der Waals surface area contributed by atoms with Gasteiger partial charge in [-0.3, -0.25) is 0 Å². The first-order chi connectivity index (χ1) is 7.22. The van der Waals surface area contributed by atoms with Crippen LogP contribution in [0.4, 0.5) is 4.79 Å². The Kier molecular flexibility index (Phi) is 4.63. The second-order valence-electron chi connectivity index (χ2n) is 3.28. The summed E-state index contributed by atoms with van der Waals surface area (Å²) in [6.45, 7) is 2.78. The van der Waals surface area contributed by atoms with Crippen LogP contribution in [0.3, 0.4) is 0 Å². The molecule has 0 aliphatic carbocycles. The van der Waals surface area contributed by atoms with Gasteiger partial charge < -0.3 is 15.4 Å². The minimum atomic E-state index is -0.225. The van der Waals surface area contributed by atoms with E-state index in [2.05, 4.69) is 10.6 Å². The summed E-state index contributed by atoms with van der Waals surface area (Å²) >= 11 is 0. The molecule has 0 saturated heterocycles. The molecule has 4 heteroatoms. The first-order valence-corrected chi connectivity index (χ1v) is 4.78. The Bertz CT molecular complexity index is 309. The lowest BCUT2D eigenvalue weighted by atomic mass is 10.1. The highest BCUT2D eigenvalue weighted by Gasteiger charge is 1.98. The number of amides is 2. The van der Waals surface area contributed by atoms with Crippen molar-refractivity contribution in [2.45, 2.75) is 13.5 Å². The van der Waals surface area contributed by atoms with Crippen molar-refractivity contribution in [3.05, 3.63) is 35.4 Å². The minimum Gasteiger partial charge on any atom is -0.364 e. The third kappa shape index (κ3) is 4.46. The second-order valence-corrected chi connectivity index (χ2v) is 3.28. The van der Waals surface area contributed by atoms with E-state index in [0.29, 0.717) is 6.54 Å². The molecule has 0 atom stereocenters. The number of aryl methyl sites for hydroxylation is 1. The first-order valence-electron chi connectivity index (χ1n) is 4.78. The van der Waals surface area contributed by atoms with Crippen molar-refractivity contribution in [3.63, 3.8) is 0 Å². The molecular formula is C11H16N2O2. The average Bonchev–Trinajstić information content (AvgIpc) is 2.25. The van der Waals surface area contributed by atoms with Crippen LogP contribution in [0.15, 0.2) is 24.3 Å². The van der Waals surface area contributed by atoms with Crippen LogP contribution in [0.2, 0.25) is 0 Å². The van der Waals surface area contributed by atoms with Gasteiger partial charge in [-0.15, -0.1) is 0 Å². The number of methoxy groups -OCH3 is 1. The van der Waals surface area contributed by atoms with E-state index < -0.39 is 0 Å². The van der Waals surface area contributed by atoms with Gasteiger partial charge in [-0.25, -0.2) is 4.79 Å². The summed E-state index contributed by atoms with van der Waals surface area (Å²) in [6, 6.07) is 7.80. The topological polar surface area (TPSA) is 50.4 Å². The molecule has 0 unspecified atom stereocenters. The predicted octanol–water partition coefficient (Wildman–Crippen LogP) is 1.40. The van der Waals surface area contributed by atoms with Gasteiger partial charge in [0.2, 0.25) is 0 Å². The van der Waals surface area contributed by atoms with Crippen molar-refractivity contribution in [2.75, 3.05) is 13.8 Å². The highest BCUT2D eigenvalue weighted by atomic mass is 16.5. The molecule has 0 aliphatic rings. The van der Waals surface area contributed by atoms with Gasteiger partial charge in [-0.05, 0) is 12.5 Å². The lowest BCUT2D eigenvalue weighted by Crippen LogP contribution is -2.36. The zero-order valence-electron chi connectivity index (χ0n) is 9.04. The van der Waals surface area contributed by atoms with Crippen LogP contribution in [0.5, 0.6) is 0 Å². The molecule has 0 fully saturated rings. The molecule has 1 aromatic rings. The SMILES string of the molecule is COCNC(=O)NCc1ccc(C)cc1. The molecule has 2 amide bonds. The summed E-state index contributed by atoms with van der Waals surface area (Å²) in [5.41, 5.74) is 2.29. The molecule has 0 aliphatic heterocycles. The number of urea groups is 1. The smallest absolute Gasteiger partial charge is 0.316 e. The highest BCUT2D eigenvalue weighted by Crippen LogP contribution is 2.01. The zero-order chi connectivity index (χ0) is 11.1. The fraction of sp³-hybridized carbons (Fsp3) is 0.364. The van der Waals surface area contributed by atoms with Crippen molar-refractivity contribution < 1.29 is 9.53 Å². The third-order valence-electron chi connectivity index (χ3n) is 1.95. The number of carbonyl (C=O) groups is 1. The maximum atomic E-state index is 11.1. The second kappa shape index (κ2) is 6.03. The Labute approximate surface area is 89.6 Å².